The Kier molecular flexibility index (Phi) is 11.8. The molecule has 2 aliphatic rings. The van der Waals surface area contributed by atoms with E-state index in [-0.39, 0.29) is 23.4 Å². The Morgan fingerprint density at radius 2 is 1.51 bits per heavy atom. The molecule has 5 rings (SSSR count). The molecular weight excluding hydrogens is 687 g/mol. The van der Waals surface area contributed by atoms with Gasteiger partial charge in [-0.15, -0.1) is 0 Å². The molecule has 0 aromatic heterocycles. The normalized spacial score (nSPS) is 15.9. The fourth-order valence-corrected chi connectivity index (χ4v) is 6.20. The van der Waals surface area contributed by atoms with E-state index >= 15 is 0 Å². The number of sulfonamides is 1. The smallest absolute Gasteiger partial charge is 0.490 e. The molecule has 1 amide bonds. The number of hydrogen-bond donors (Lipinski definition) is 2. The lowest BCUT2D eigenvalue weighted by molar-refractivity contribution is -0.192. The monoisotopic (exact) mass is 718 g/mol. The average Bonchev–Trinajstić information content (AvgIpc) is 3.81. The molecule has 1 heterocycles. The van der Waals surface area contributed by atoms with Crippen LogP contribution in [0.4, 0.5) is 17.6 Å². The lowest BCUT2D eigenvalue weighted by Gasteiger charge is -2.38. The zero-order chi connectivity index (χ0) is 34.5. The first-order valence-electron chi connectivity index (χ1n) is 14.5. The van der Waals surface area contributed by atoms with Crippen molar-refractivity contribution < 1.29 is 45.4 Å². The van der Waals surface area contributed by atoms with Gasteiger partial charge < -0.3 is 9.84 Å². The van der Waals surface area contributed by atoms with Crippen molar-refractivity contribution in [3.63, 3.8) is 0 Å². The van der Waals surface area contributed by atoms with Crippen LogP contribution in [-0.4, -0.2) is 62.4 Å². The molecule has 1 aliphatic carbocycles. The number of nitrogens with one attached hydrogen (secondary N) is 1. The highest BCUT2D eigenvalue weighted by Gasteiger charge is 2.38. The van der Waals surface area contributed by atoms with Gasteiger partial charge in [0.1, 0.15) is 11.6 Å². The van der Waals surface area contributed by atoms with Crippen LogP contribution in [0.25, 0.3) is 0 Å². The van der Waals surface area contributed by atoms with Crippen molar-refractivity contribution in [2.75, 3.05) is 26.0 Å². The average molecular weight is 720 g/mol. The van der Waals surface area contributed by atoms with Crippen LogP contribution in [0.2, 0.25) is 10.0 Å². The van der Waals surface area contributed by atoms with Crippen molar-refractivity contribution in [1.29, 1.82) is 0 Å². The van der Waals surface area contributed by atoms with Gasteiger partial charge in [0, 0.05) is 16.1 Å². The topological polar surface area (TPSA) is 113 Å². The minimum Gasteiger partial charge on any atom is -0.493 e. The Morgan fingerprint density at radius 3 is 1.96 bits per heavy atom. The number of carbonyl (C=O) groups is 2. The van der Waals surface area contributed by atoms with E-state index in [2.05, 4.69) is 17.0 Å². The van der Waals surface area contributed by atoms with Gasteiger partial charge in [0.2, 0.25) is 10.0 Å². The van der Waals surface area contributed by atoms with E-state index in [1.165, 1.54) is 12.1 Å². The summed E-state index contributed by atoms with van der Waals surface area (Å²) in [5.74, 6) is -3.66. The van der Waals surface area contributed by atoms with Gasteiger partial charge in [0.05, 0.1) is 24.5 Å². The van der Waals surface area contributed by atoms with Gasteiger partial charge in [0.25, 0.3) is 5.91 Å². The molecule has 15 heteroatoms. The van der Waals surface area contributed by atoms with E-state index in [9.17, 15) is 30.8 Å². The number of halogens is 6. The summed E-state index contributed by atoms with van der Waals surface area (Å²) < 4.78 is 77.5. The summed E-state index contributed by atoms with van der Waals surface area (Å²) in [6.07, 6.45) is -0.592. The number of carboxylic acids is 1. The lowest BCUT2D eigenvalue weighted by atomic mass is 9.91. The molecular formula is C32H32Cl2F4N2O6S. The molecule has 2 fully saturated rings. The number of aliphatic carboxylic acids is 1. The number of likely N-dealkylation sites (tertiary alicyclic amines) is 1. The number of nitrogens with zero attached hydrogens (tertiary/aromatic N) is 1. The second kappa shape index (κ2) is 15.2. The SMILES string of the molecule is CS(=O)(=O)NC(=O)c1cc(C2CC2)c(OCC2CCN(C(c3cccc(Cl)c3)c3cccc(Cl)c3)CC2)cc1F.O=C(O)C(F)(F)F. The number of amides is 1. The summed E-state index contributed by atoms with van der Waals surface area (Å²) in [6.45, 7) is 2.11. The van der Waals surface area contributed by atoms with E-state index < -0.39 is 33.9 Å². The van der Waals surface area contributed by atoms with E-state index in [0.29, 0.717) is 22.4 Å². The summed E-state index contributed by atoms with van der Waals surface area (Å²) in [5.41, 5.74) is 2.67. The summed E-state index contributed by atoms with van der Waals surface area (Å²) in [7, 11) is -3.81. The zero-order valence-corrected chi connectivity index (χ0v) is 27.4. The highest BCUT2D eigenvalue weighted by Crippen LogP contribution is 2.45. The lowest BCUT2D eigenvalue weighted by Crippen LogP contribution is -2.38. The minimum atomic E-state index is -5.08. The van der Waals surface area contributed by atoms with E-state index in [1.807, 2.05) is 41.1 Å². The molecule has 1 saturated carbocycles. The van der Waals surface area contributed by atoms with E-state index in [4.69, 9.17) is 37.8 Å². The molecule has 1 saturated heterocycles. The van der Waals surface area contributed by atoms with Crippen molar-refractivity contribution in [2.24, 2.45) is 5.92 Å². The van der Waals surface area contributed by atoms with Crippen LogP contribution in [0.15, 0.2) is 60.7 Å². The maximum absolute atomic E-state index is 14.9. The van der Waals surface area contributed by atoms with Gasteiger partial charge in [-0.25, -0.2) is 22.3 Å². The van der Waals surface area contributed by atoms with Crippen LogP contribution >= 0.6 is 23.2 Å². The molecule has 1 aliphatic heterocycles. The Bertz CT molecular complexity index is 1670. The molecule has 47 heavy (non-hydrogen) atoms. The van der Waals surface area contributed by atoms with Gasteiger partial charge in [-0.3, -0.25) is 9.69 Å². The number of benzene rings is 3. The maximum atomic E-state index is 14.9. The van der Waals surface area contributed by atoms with Gasteiger partial charge in [-0.2, -0.15) is 13.2 Å². The number of hydrogen-bond acceptors (Lipinski definition) is 6. The van der Waals surface area contributed by atoms with Crippen molar-refractivity contribution in [3.05, 3.63) is 98.8 Å². The summed E-state index contributed by atoms with van der Waals surface area (Å²) >= 11 is 12.7. The molecule has 3 aromatic rings. The first-order chi connectivity index (χ1) is 22.0. The Hall–Kier alpha value is -3.39. The van der Waals surface area contributed by atoms with E-state index in [0.717, 1.165) is 61.7 Å². The molecule has 0 unspecified atom stereocenters. The first kappa shape index (κ1) is 36.4. The van der Waals surface area contributed by atoms with Crippen LogP contribution in [0.1, 0.15) is 64.7 Å². The van der Waals surface area contributed by atoms with Gasteiger partial charge in [-0.05, 0) is 97.6 Å². The second-order valence-electron chi connectivity index (χ2n) is 11.5. The fraction of sp³-hybridized carbons (Fsp3) is 0.375. The summed E-state index contributed by atoms with van der Waals surface area (Å²) in [6, 6.07) is 18.5. The summed E-state index contributed by atoms with van der Waals surface area (Å²) in [4.78, 5) is 23.7. The van der Waals surface area contributed by atoms with Gasteiger partial charge >= 0.3 is 12.1 Å². The number of ether oxygens (including phenoxy) is 1. The molecule has 0 atom stereocenters. The highest BCUT2D eigenvalue weighted by atomic mass is 35.5. The predicted molar refractivity (Wildman–Crippen MR) is 169 cm³/mol. The largest absolute Gasteiger partial charge is 0.493 e. The number of piperidine rings is 1. The predicted octanol–water partition coefficient (Wildman–Crippen LogP) is 7.21. The third-order valence-corrected chi connectivity index (χ3v) is 8.73. The highest BCUT2D eigenvalue weighted by molar-refractivity contribution is 7.89. The number of carbonyl (C=O) groups excluding carboxylic acids is 1. The molecule has 0 bridgehead atoms. The standard InChI is InChI=1S/C30H31Cl2FN2O4S.C2HF3O2/c1-40(37,38)34-30(36)26-16-25(20-8-9-20)28(17-27(26)33)39-18-19-10-12-35(13-11-19)29(21-4-2-6-23(31)14-21)22-5-3-7-24(32)15-22;3-2(4,5)1(6)7/h2-7,14-17,19-20,29H,8-13,18H2,1H3,(H,34,36);(H,6,7). The van der Waals surface area contributed by atoms with Gasteiger partial charge in [0.15, 0.2) is 0 Å². The van der Waals surface area contributed by atoms with Crippen molar-refractivity contribution in [1.82, 2.24) is 9.62 Å². The Balaban J connectivity index is 0.000000644. The van der Waals surface area contributed by atoms with Crippen molar-refractivity contribution in [2.45, 2.75) is 43.8 Å². The molecule has 2 N–H and O–H groups in total. The maximum Gasteiger partial charge on any atom is 0.490 e. The third kappa shape index (κ3) is 10.6. The molecule has 254 valence electrons. The zero-order valence-electron chi connectivity index (χ0n) is 25.1. The minimum absolute atomic E-state index is 0.0143. The number of alkyl halides is 3. The first-order valence-corrected chi connectivity index (χ1v) is 17.2. The molecule has 0 spiro atoms. The fourth-order valence-electron chi connectivity index (χ4n) is 5.36. The Morgan fingerprint density at radius 1 is 0.979 bits per heavy atom. The van der Waals surface area contributed by atoms with Crippen molar-refractivity contribution >= 4 is 45.1 Å². The van der Waals surface area contributed by atoms with Crippen LogP contribution in [0.3, 0.4) is 0 Å². The van der Waals surface area contributed by atoms with Crippen LogP contribution in [0.5, 0.6) is 5.75 Å². The second-order valence-corrected chi connectivity index (χ2v) is 14.1. The third-order valence-electron chi connectivity index (χ3n) is 7.70. The molecule has 3 aromatic carbocycles. The molecule has 8 nitrogen and oxygen atoms in total. The van der Waals surface area contributed by atoms with Crippen molar-refractivity contribution in [3.8, 4) is 5.75 Å². The Labute approximate surface area is 279 Å². The van der Waals surface area contributed by atoms with E-state index in [1.54, 1.807) is 0 Å². The number of rotatable bonds is 9. The van der Waals surface area contributed by atoms with Crippen LogP contribution < -0.4 is 9.46 Å². The van der Waals surface area contributed by atoms with Gasteiger partial charge in [-0.1, -0.05) is 47.5 Å². The van der Waals surface area contributed by atoms with Crippen LogP contribution in [-0.2, 0) is 14.8 Å². The van der Waals surface area contributed by atoms with Crippen LogP contribution in [0, 0.1) is 11.7 Å². The quantitative estimate of drug-likeness (QED) is 0.225. The number of carboxylic acid groups (broad SMARTS) is 1. The molecule has 0 radical (unpaired) electrons. The summed E-state index contributed by atoms with van der Waals surface area (Å²) in [5, 5.41) is 8.50.